The zero-order valence-electron chi connectivity index (χ0n) is 5.88. The van der Waals surface area contributed by atoms with Crippen LogP contribution in [0.5, 0.6) is 5.75 Å². The number of halogens is 2. The molecule has 1 amide bonds. The van der Waals surface area contributed by atoms with Gasteiger partial charge in [0.05, 0.1) is 0 Å². The minimum Gasteiger partial charge on any atom is -0.409 e. The van der Waals surface area contributed by atoms with Crippen LogP contribution in [-0.4, -0.2) is 6.09 Å². The van der Waals surface area contributed by atoms with E-state index < -0.39 is 11.9 Å². The number of benzene rings is 1. The molecule has 0 atom stereocenters. The second-order valence-corrected chi connectivity index (χ2v) is 2.35. The summed E-state index contributed by atoms with van der Waals surface area (Å²) in [6, 6.07) is 3.85. The molecule has 0 spiro atoms. The summed E-state index contributed by atoms with van der Waals surface area (Å²) in [5.74, 6) is -0.736. The number of carbonyl (C=O) groups is 1. The fourth-order valence-corrected chi connectivity index (χ4v) is 0.836. The SMILES string of the molecule is NC(=O)Oc1cccc(F)c1Cl. The number of rotatable bonds is 1. The van der Waals surface area contributed by atoms with Crippen molar-refractivity contribution in [2.75, 3.05) is 0 Å². The van der Waals surface area contributed by atoms with Gasteiger partial charge in [0.25, 0.3) is 0 Å². The van der Waals surface area contributed by atoms with Gasteiger partial charge in [-0.1, -0.05) is 17.7 Å². The average molecular weight is 190 g/mol. The Labute approximate surface area is 72.9 Å². The maximum absolute atomic E-state index is 12.7. The van der Waals surface area contributed by atoms with Crippen molar-refractivity contribution in [1.82, 2.24) is 0 Å². The molecule has 1 rings (SSSR count). The van der Waals surface area contributed by atoms with E-state index in [0.717, 1.165) is 6.07 Å². The lowest BCUT2D eigenvalue weighted by molar-refractivity contribution is 0.211. The van der Waals surface area contributed by atoms with E-state index >= 15 is 0 Å². The topological polar surface area (TPSA) is 52.3 Å². The first kappa shape index (κ1) is 8.80. The normalized spacial score (nSPS) is 9.50. The van der Waals surface area contributed by atoms with E-state index in [1.165, 1.54) is 12.1 Å². The van der Waals surface area contributed by atoms with E-state index in [1.54, 1.807) is 0 Å². The molecule has 0 radical (unpaired) electrons. The van der Waals surface area contributed by atoms with Crippen LogP contribution in [0.3, 0.4) is 0 Å². The van der Waals surface area contributed by atoms with Crippen LogP contribution < -0.4 is 10.5 Å². The minimum absolute atomic E-state index is 0.0795. The summed E-state index contributed by atoms with van der Waals surface area (Å²) >= 11 is 5.43. The molecular formula is C7H5ClFNO2. The Morgan fingerprint density at radius 3 is 2.83 bits per heavy atom. The van der Waals surface area contributed by atoms with E-state index in [2.05, 4.69) is 4.74 Å². The van der Waals surface area contributed by atoms with Crippen molar-refractivity contribution in [1.29, 1.82) is 0 Å². The highest BCUT2D eigenvalue weighted by atomic mass is 35.5. The molecule has 2 N–H and O–H groups in total. The van der Waals surface area contributed by atoms with E-state index in [-0.39, 0.29) is 10.8 Å². The largest absolute Gasteiger partial charge is 0.410 e. The van der Waals surface area contributed by atoms with Gasteiger partial charge in [0.15, 0.2) is 5.75 Å². The van der Waals surface area contributed by atoms with Gasteiger partial charge in [-0.25, -0.2) is 9.18 Å². The van der Waals surface area contributed by atoms with E-state index in [0.29, 0.717) is 0 Å². The fourth-order valence-electron chi connectivity index (χ4n) is 0.671. The number of ether oxygens (including phenoxy) is 1. The molecule has 0 aliphatic heterocycles. The first-order chi connectivity index (χ1) is 5.61. The van der Waals surface area contributed by atoms with Gasteiger partial charge in [-0.05, 0) is 12.1 Å². The first-order valence-electron chi connectivity index (χ1n) is 3.02. The number of carbonyl (C=O) groups excluding carboxylic acids is 1. The van der Waals surface area contributed by atoms with Crippen LogP contribution in [0, 0.1) is 5.82 Å². The lowest BCUT2D eigenvalue weighted by Crippen LogP contribution is -2.16. The van der Waals surface area contributed by atoms with Gasteiger partial charge in [-0.3, -0.25) is 0 Å². The molecule has 0 aliphatic carbocycles. The van der Waals surface area contributed by atoms with Crippen molar-refractivity contribution < 1.29 is 13.9 Å². The Morgan fingerprint density at radius 2 is 2.25 bits per heavy atom. The Bertz CT molecular complexity index is 316. The Hall–Kier alpha value is -1.29. The van der Waals surface area contributed by atoms with Crippen LogP contribution in [0.25, 0.3) is 0 Å². The summed E-state index contributed by atoms with van der Waals surface area (Å²) in [5.41, 5.74) is 4.70. The van der Waals surface area contributed by atoms with E-state index in [9.17, 15) is 9.18 Å². The maximum atomic E-state index is 12.7. The van der Waals surface area contributed by atoms with Crippen LogP contribution in [0.1, 0.15) is 0 Å². The second-order valence-electron chi connectivity index (χ2n) is 1.97. The molecule has 0 bridgehead atoms. The molecule has 5 heteroatoms. The zero-order valence-corrected chi connectivity index (χ0v) is 6.64. The summed E-state index contributed by atoms with van der Waals surface area (Å²) in [7, 11) is 0. The van der Waals surface area contributed by atoms with Crippen molar-refractivity contribution in [3.8, 4) is 5.75 Å². The molecule has 1 aromatic carbocycles. The summed E-state index contributed by atoms with van der Waals surface area (Å²) in [4.78, 5) is 10.3. The van der Waals surface area contributed by atoms with Gasteiger partial charge >= 0.3 is 6.09 Å². The van der Waals surface area contributed by atoms with Crippen LogP contribution in [-0.2, 0) is 0 Å². The minimum atomic E-state index is -1.03. The maximum Gasteiger partial charge on any atom is 0.410 e. The third-order valence-electron chi connectivity index (χ3n) is 1.13. The van der Waals surface area contributed by atoms with Crippen LogP contribution in [0.15, 0.2) is 18.2 Å². The molecule has 0 aromatic heterocycles. The molecule has 0 saturated heterocycles. The quantitative estimate of drug-likeness (QED) is 0.734. The molecule has 0 aliphatic rings. The average Bonchev–Trinajstić information content (AvgIpc) is 1.98. The number of hydrogen-bond acceptors (Lipinski definition) is 2. The highest BCUT2D eigenvalue weighted by Gasteiger charge is 2.08. The highest BCUT2D eigenvalue weighted by Crippen LogP contribution is 2.26. The van der Waals surface area contributed by atoms with E-state index in [4.69, 9.17) is 17.3 Å². The number of nitrogens with two attached hydrogens (primary N) is 1. The van der Waals surface area contributed by atoms with Gasteiger partial charge < -0.3 is 10.5 Å². The van der Waals surface area contributed by atoms with Crippen LogP contribution in [0.4, 0.5) is 9.18 Å². The lowest BCUT2D eigenvalue weighted by atomic mass is 10.3. The smallest absolute Gasteiger partial charge is 0.409 e. The molecule has 0 unspecified atom stereocenters. The third-order valence-corrected chi connectivity index (χ3v) is 1.49. The predicted octanol–water partition coefficient (Wildman–Crippen LogP) is 1.94. The molecule has 1 aromatic rings. The molecule has 64 valence electrons. The fraction of sp³-hybridized carbons (Fsp3) is 0. The number of amides is 1. The summed E-state index contributed by atoms with van der Waals surface area (Å²) in [6.07, 6.45) is -1.03. The summed E-state index contributed by atoms with van der Waals surface area (Å²) in [5, 5.41) is -0.253. The van der Waals surface area contributed by atoms with Crippen LogP contribution >= 0.6 is 11.6 Å². The monoisotopic (exact) mass is 189 g/mol. The standard InChI is InChI=1S/C7H5ClFNO2/c8-6-4(9)2-1-3-5(6)12-7(10)11/h1-3H,(H2,10,11). The van der Waals surface area contributed by atoms with Gasteiger partial charge in [0, 0.05) is 0 Å². The Morgan fingerprint density at radius 1 is 1.58 bits per heavy atom. The Balaban J connectivity index is 3.00. The van der Waals surface area contributed by atoms with Gasteiger partial charge in [0.1, 0.15) is 10.8 Å². The number of primary amides is 1. The van der Waals surface area contributed by atoms with E-state index in [1.807, 2.05) is 0 Å². The molecular weight excluding hydrogens is 185 g/mol. The molecule has 0 heterocycles. The molecule has 0 saturated carbocycles. The molecule has 12 heavy (non-hydrogen) atoms. The third kappa shape index (κ3) is 1.85. The van der Waals surface area contributed by atoms with Crippen molar-refractivity contribution in [2.24, 2.45) is 5.73 Å². The summed E-state index contributed by atoms with van der Waals surface area (Å²) in [6.45, 7) is 0. The number of hydrogen-bond donors (Lipinski definition) is 1. The summed E-state index contributed by atoms with van der Waals surface area (Å²) < 4.78 is 17.1. The highest BCUT2D eigenvalue weighted by molar-refractivity contribution is 6.32. The van der Waals surface area contributed by atoms with Crippen molar-refractivity contribution in [3.05, 3.63) is 29.0 Å². The van der Waals surface area contributed by atoms with Crippen molar-refractivity contribution in [2.45, 2.75) is 0 Å². The van der Waals surface area contributed by atoms with Gasteiger partial charge in [-0.15, -0.1) is 0 Å². The Kier molecular flexibility index (Phi) is 2.50. The van der Waals surface area contributed by atoms with Crippen molar-refractivity contribution in [3.63, 3.8) is 0 Å². The molecule has 3 nitrogen and oxygen atoms in total. The van der Waals surface area contributed by atoms with Crippen LogP contribution in [0.2, 0.25) is 5.02 Å². The van der Waals surface area contributed by atoms with Gasteiger partial charge in [-0.2, -0.15) is 0 Å². The molecule has 0 fully saturated rings. The lowest BCUT2D eigenvalue weighted by Gasteiger charge is -2.02. The van der Waals surface area contributed by atoms with Crippen molar-refractivity contribution >= 4 is 17.7 Å². The predicted molar refractivity (Wildman–Crippen MR) is 41.6 cm³/mol. The van der Waals surface area contributed by atoms with Gasteiger partial charge in [0.2, 0.25) is 0 Å². The zero-order chi connectivity index (χ0) is 9.14. The first-order valence-corrected chi connectivity index (χ1v) is 3.40. The second kappa shape index (κ2) is 3.40.